The van der Waals surface area contributed by atoms with E-state index in [9.17, 15) is 18.4 Å². The maximum atomic E-state index is 14.4. The van der Waals surface area contributed by atoms with Crippen molar-refractivity contribution in [1.29, 1.82) is 5.26 Å². The number of anilines is 1. The van der Waals surface area contributed by atoms with Crippen LogP contribution in [-0.2, 0) is 0 Å². The van der Waals surface area contributed by atoms with E-state index >= 15 is 0 Å². The summed E-state index contributed by atoms with van der Waals surface area (Å²) in [5.74, 6) is -0.936. The fourth-order valence-electron chi connectivity index (χ4n) is 2.77. The highest BCUT2D eigenvalue weighted by Gasteiger charge is 2.20. The first-order valence-corrected chi connectivity index (χ1v) is 8.81. The molecule has 0 aliphatic heterocycles. The van der Waals surface area contributed by atoms with Crippen molar-refractivity contribution in [1.82, 2.24) is 4.98 Å². The zero-order valence-electron chi connectivity index (χ0n) is 13.6. The third-order valence-corrected chi connectivity index (χ3v) is 4.74. The number of halogens is 4. The molecule has 0 unspecified atom stereocenters. The third kappa shape index (κ3) is 3.46. The lowest BCUT2D eigenvalue weighted by molar-refractivity contribution is 0.146. The highest BCUT2D eigenvalue weighted by Crippen LogP contribution is 2.33. The van der Waals surface area contributed by atoms with Crippen molar-refractivity contribution in [3.8, 4) is 6.07 Å². The molecule has 2 aromatic carbocycles. The lowest BCUT2D eigenvalue weighted by atomic mass is 10.0. The summed E-state index contributed by atoms with van der Waals surface area (Å²) >= 11 is 2.15. The van der Waals surface area contributed by atoms with Gasteiger partial charge < -0.3 is 5.32 Å². The van der Waals surface area contributed by atoms with E-state index in [0.29, 0.717) is 22.2 Å². The molecule has 0 radical (unpaired) electrons. The van der Waals surface area contributed by atoms with Crippen molar-refractivity contribution in [2.75, 3.05) is 5.32 Å². The Morgan fingerprint density at radius 3 is 2.62 bits per heavy atom. The fraction of sp³-hybridized carbons (Fsp3) is 0.158. The Morgan fingerprint density at radius 2 is 1.92 bits per heavy atom. The molecule has 0 saturated heterocycles. The van der Waals surface area contributed by atoms with E-state index in [-0.39, 0.29) is 5.56 Å². The van der Waals surface area contributed by atoms with Gasteiger partial charge in [-0.15, -0.1) is 0 Å². The molecule has 26 heavy (non-hydrogen) atoms. The molecule has 1 aromatic heterocycles. The molecular weight excluding hydrogens is 454 g/mol. The second-order valence-electron chi connectivity index (χ2n) is 5.74. The Bertz CT molecular complexity index is 1010. The topological polar surface area (TPSA) is 48.7 Å². The molecular formula is C19H13F3IN3. The molecule has 0 spiro atoms. The van der Waals surface area contributed by atoms with Gasteiger partial charge in [-0.1, -0.05) is 18.2 Å². The first-order valence-electron chi connectivity index (χ1n) is 7.73. The number of hydrogen-bond donors (Lipinski definition) is 1. The number of fused-ring (bicyclic) bond motifs is 1. The summed E-state index contributed by atoms with van der Waals surface area (Å²) in [5, 5.41) is 13.2. The van der Waals surface area contributed by atoms with E-state index in [1.807, 2.05) is 18.2 Å². The highest BCUT2D eigenvalue weighted by atomic mass is 127. The molecule has 3 aromatic rings. The Labute approximate surface area is 162 Å². The number of benzene rings is 2. The molecule has 3 rings (SSSR count). The molecule has 1 heterocycles. The van der Waals surface area contributed by atoms with Crippen LogP contribution < -0.4 is 5.32 Å². The maximum absolute atomic E-state index is 14.4. The summed E-state index contributed by atoms with van der Waals surface area (Å²) in [6.07, 6.45) is -1.45. The van der Waals surface area contributed by atoms with Crippen molar-refractivity contribution < 1.29 is 13.2 Å². The van der Waals surface area contributed by atoms with Crippen LogP contribution in [0.15, 0.2) is 42.6 Å². The third-order valence-electron chi connectivity index (χ3n) is 4.07. The molecule has 1 atom stereocenters. The summed E-state index contributed by atoms with van der Waals surface area (Å²) in [6, 6.07) is 11.0. The van der Waals surface area contributed by atoms with Gasteiger partial charge >= 0.3 is 0 Å². The minimum absolute atomic E-state index is 0.113. The largest absolute Gasteiger partial charge is 0.377 e. The van der Waals surface area contributed by atoms with Crippen LogP contribution in [0.5, 0.6) is 0 Å². The Kier molecular flexibility index (Phi) is 5.32. The maximum Gasteiger partial charge on any atom is 0.266 e. The lowest BCUT2D eigenvalue weighted by Crippen LogP contribution is -2.12. The van der Waals surface area contributed by atoms with Gasteiger partial charge in [0.05, 0.1) is 28.4 Å². The van der Waals surface area contributed by atoms with Gasteiger partial charge in [0.15, 0.2) is 0 Å². The van der Waals surface area contributed by atoms with Crippen LogP contribution in [0.25, 0.3) is 10.9 Å². The molecule has 0 amide bonds. The number of aromatic nitrogens is 1. The minimum Gasteiger partial charge on any atom is -0.377 e. The first kappa shape index (κ1) is 18.5. The zero-order chi connectivity index (χ0) is 18.8. The van der Waals surface area contributed by atoms with Crippen molar-refractivity contribution in [3.63, 3.8) is 0 Å². The molecule has 0 aliphatic carbocycles. The normalized spacial score (nSPS) is 12.2. The van der Waals surface area contributed by atoms with E-state index in [4.69, 9.17) is 0 Å². The molecule has 7 heteroatoms. The van der Waals surface area contributed by atoms with Crippen LogP contribution in [0.1, 0.15) is 36.1 Å². The SMILES string of the molecule is C[C@@H](Nc1c(C#N)cnc2ccc(I)cc12)c1cccc(C(F)F)c1F. The predicted molar refractivity (Wildman–Crippen MR) is 103 cm³/mol. The summed E-state index contributed by atoms with van der Waals surface area (Å²) in [4.78, 5) is 4.25. The number of nitrogens with one attached hydrogen (secondary N) is 1. The summed E-state index contributed by atoms with van der Waals surface area (Å²) < 4.78 is 41.3. The Hall–Kier alpha value is -2.34. The molecule has 0 fully saturated rings. The number of hydrogen-bond acceptors (Lipinski definition) is 3. The van der Waals surface area contributed by atoms with Crippen LogP contribution >= 0.6 is 22.6 Å². The quantitative estimate of drug-likeness (QED) is 0.482. The van der Waals surface area contributed by atoms with Gasteiger partial charge in [-0.25, -0.2) is 13.2 Å². The molecule has 3 nitrogen and oxygen atoms in total. The van der Waals surface area contributed by atoms with E-state index in [1.165, 1.54) is 18.3 Å². The second-order valence-corrected chi connectivity index (χ2v) is 6.98. The molecule has 0 bridgehead atoms. The highest BCUT2D eigenvalue weighted by molar-refractivity contribution is 14.1. The molecule has 132 valence electrons. The van der Waals surface area contributed by atoms with Crippen molar-refractivity contribution in [2.24, 2.45) is 0 Å². The van der Waals surface area contributed by atoms with Gasteiger partial charge in [0.1, 0.15) is 11.9 Å². The van der Waals surface area contributed by atoms with Crippen LogP contribution in [0.2, 0.25) is 0 Å². The average molecular weight is 467 g/mol. The average Bonchev–Trinajstić information content (AvgIpc) is 2.62. The molecule has 1 N–H and O–H groups in total. The van der Waals surface area contributed by atoms with Crippen LogP contribution in [-0.4, -0.2) is 4.98 Å². The summed E-state index contributed by atoms with van der Waals surface area (Å²) in [5.41, 5.74) is 0.969. The van der Waals surface area contributed by atoms with Gasteiger partial charge in [-0.3, -0.25) is 4.98 Å². The lowest BCUT2D eigenvalue weighted by Gasteiger charge is -2.20. The van der Waals surface area contributed by atoms with E-state index < -0.39 is 23.8 Å². The van der Waals surface area contributed by atoms with Gasteiger partial charge in [0.2, 0.25) is 0 Å². The monoisotopic (exact) mass is 467 g/mol. The van der Waals surface area contributed by atoms with Gasteiger partial charge in [-0.2, -0.15) is 5.26 Å². The predicted octanol–water partition coefficient (Wildman–Crippen LogP) is 5.96. The van der Waals surface area contributed by atoms with Gasteiger partial charge in [0, 0.05) is 20.7 Å². The van der Waals surface area contributed by atoms with Crippen LogP contribution in [0.3, 0.4) is 0 Å². The Morgan fingerprint density at radius 1 is 1.19 bits per heavy atom. The number of nitrogens with zero attached hydrogens (tertiary/aromatic N) is 2. The number of alkyl halides is 2. The zero-order valence-corrected chi connectivity index (χ0v) is 15.8. The van der Waals surface area contributed by atoms with E-state index in [0.717, 1.165) is 9.64 Å². The summed E-state index contributed by atoms with van der Waals surface area (Å²) in [7, 11) is 0. The van der Waals surface area contributed by atoms with E-state index in [1.54, 1.807) is 6.92 Å². The second kappa shape index (κ2) is 7.50. The standard InChI is InChI=1S/C19H13F3IN3/c1-10(13-3-2-4-14(17(13)20)19(21)22)26-18-11(8-24)9-25-16-6-5-12(23)7-15(16)18/h2-7,9-10,19H,1H3,(H,25,26)/t10-/m1/s1. The fourth-order valence-corrected chi connectivity index (χ4v) is 3.26. The summed E-state index contributed by atoms with van der Waals surface area (Å²) in [6.45, 7) is 1.66. The van der Waals surface area contributed by atoms with Crippen molar-refractivity contribution >= 4 is 39.2 Å². The van der Waals surface area contributed by atoms with Crippen molar-refractivity contribution in [2.45, 2.75) is 19.4 Å². The van der Waals surface area contributed by atoms with Crippen molar-refractivity contribution in [3.05, 3.63) is 68.7 Å². The van der Waals surface area contributed by atoms with Crippen LogP contribution in [0, 0.1) is 20.7 Å². The molecule has 0 aliphatic rings. The Balaban J connectivity index is 2.08. The first-order chi connectivity index (χ1) is 12.4. The smallest absolute Gasteiger partial charge is 0.266 e. The number of nitriles is 1. The number of pyridine rings is 1. The van der Waals surface area contributed by atoms with Gasteiger partial charge in [-0.05, 0) is 47.7 Å². The number of rotatable bonds is 4. The van der Waals surface area contributed by atoms with Gasteiger partial charge in [0.25, 0.3) is 6.43 Å². The molecule has 0 saturated carbocycles. The minimum atomic E-state index is -2.89. The van der Waals surface area contributed by atoms with E-state index in [2.05, 4.69) is 39.0 Å². The van der Waals surface area contributed by atoms with Crippen LogP contribution in [0.4, 0.5) is 18.9 Å².